The number of benzene rings is 2. The largest absolute Gasteiger partial charge is 0.302 e. The van der Waals surface area contributed by atoms with Crippen molar-refractivity contribution in [3.63, 3.8) is 0 Å². The molecule has 4 rings (SSSR count). The Labute approximate surface area is 180 Å². The smallest absolute Gasteiger partial charge is 0.226 e. The molecule has 1 aromatic heterocycles. The molecule has 1 N–H and O–H groups in total. The predicted octanol–water partition coefficient (Wildman–Crippen LogP) is 5.75. The summed E-state index contributed by atoms with van der Waals surface area (Å²) in [5.41, 5.74) is 3.36. The van der Waals surface area contributed by atoms with Crippen LogP contribution in [0.15, 0.2) is 42.5 Å². The lowest BCUT2D eigenvalue weighted by Crippen LogP contribution is -2.32. The molecule has 0 aliphatic carbocycles. The summed E-state index contributed by atoms with van der Waals surface area (Å²) in [5, 5.41) is 4.33. The molecule has 0 saturated carbocycles. The summed E-state index contributed by atoms with van der Waals surface area (Å²) in [7, 11) is 0. The van der Waals surface area contributed by atoms with Crippen LogP contribution in [0.2, 0.25) is 5.02 Å². The molecular formula is C23H26ClN3OS. The Morgan fingerprint density at radius 1 is 1.17 bits per heavy atom. The van der Waals surface area contributed by atoms with E-state index in [4.69, 9.17) is 11.6 Å². The number of carbonyl (C=O) groups excluding carboxylic acids is 1. The number of halogens is 1. The summed E-state index contributed by atoms with van der Waals surface area (Å²) >= 11 is 7.45. The molecule has 1 aliphatic rings. The molecule has 3 aromatic rings. The van der Waals surface area contributed by atoms with Gasteiger partial charge in [-0.1, -0.05) is 48.1 Å². The summed E-state index contributed by atoms with van der Waals surface area (Å²) < 4.78 is 1.13. The Morgan fingerprint density at radius 3 is 2.66 bits per heavy atom. The third kappa shape index (κ3) is 5.56. The third-order valence-electron chi connectivity index (χ3n) is 5.54. The maximum Gasteiger partial charge on any atom is 0.226 e. The van der Waals surface area contributed by atoms with Crippen LogP contribution < -0.4 is 5.32 Å². The van der Waals surface area contributed by atoms with Crippen molar-refractivity contribution in [3.8, 4) is 0 Å². The molecule has 1 aliphatic heterocycles. The van der Waals surface area contributed by atoms with Crippen molar-refractivity contribution in [1.29, 1.82) is 0 Å². The molecule has 0 spiro atoms. The number of carbonyl (C=O) groups is 1. The summed E-state index contributed by atoms with van der Waals surface area (Å²) in [6.45, 7) is 5.68. The standard InChI is InChI=1S/C23H26ClN3OS/c1-16-10-12-27(13-11-16)15-18-4-8-20-21(14-18)29-23(25-20)26-22(28)9-5-17-2-6-19(24)7-3-17/h2-4,6-8,14,16H,5,9-13,15H2,1H3,(H,25,26,28). The van der Waals surface area contributed by atoms with E-state index in [1.54, 1.807) is 11.3 Å². The fraction of sp³-hybridized carbons (Fsp3) is 0.391. The first-order valence-electron chi connectivity index (χ1n) is 10.2. The van der Waals surface area contributed by atoms with Crippen molar-refractivity contribution in [2.24, 2.45) is 5.92 Å². The van der Waals surface area contributed by atoms with E-state index >= 15 is 0 Å². The normalized spacial score (nSPS) is 15.7. The fourth-order valence-electron chi connectivity index (χ4n) is 3.69. The van der Waals surface area contributed by atoms with Crippen molar-refractivity contribution in [3.05, 3.63) is 58.6 Å². The SMILES string of the molecule is CC1CCN(Cc2ccc3nc(NC(=O)CCc4ccc(Cl)cc4)sc3c2)CC1. The molecule has 1 fully saturated rings. The van der Waals surface area contributed by atoms with E-state index in [-0.39, 0.29) is 5.91 Å². The zero-order chi connectivity index (χ0) is 20.2. The zero-order valence-corrected chi connectivity index (χ0v) is 18.2. The Balaban J connectivity index is 1.34. The van der Waals surface area contributed by atoms with Crippen LogP contribution in [-0.2, 0) is 17.8 Å². The number of amides is 1. The fourth-order valence-corrected chi connectivity index (χ4v) is 4.76. The molecule has 1 saturated heterocycles. The minimum Gasteiger partial charge on any atom is -0.302 e. The number of nitrogens with one attached hydrogen (secondary N) is 1. The maximum absolute atomic E-state index is 12.3. The van der Waals surface area contributed by atoms with Gasteiger partial charge in [0.1, 0.15) is 0 Å². The zero-order valence-electron chi connectivity index (χ0n) is 16.7. The number of aromatic nitrogens is 1. The van der Waals surface area contributed by atoms with Crippen LogP contribution >= 0.6 is 22.9 Å². The van der Waals surface area contributed by atoms with Crippen molar-refractivity contribution >= 4 is 44.2 Å². The van der Waals surface area contributed by atoms with E-state index in [0.29, 0.717) is 23.0 Å². The average molecular weight is 428 g/mol. The lowest BCUT2D eigenvalue weighted by molar-refractivity contribution is -0.116. The Bertz CT molecular complexity index is 977. The van der Waals surface area contributed by atoms with Gasteiger partial charge < -0.3 is 5.32 Å². The molecular weight excluding hydrogens is 402 g/mol. The van der Waals surface area contributed by atoms with Crippen molar-refractivity contribution in [2.75, 3.05) is 18.4 Å². The highest BCUT2D eigenvalue weighted by Gasteiger charge is 2.16. The molecule has 2 aromatic carbocycles. The number of aryl methyl sites for hydroxylation is 1. The number of thiazole rings is 1. The highest BCUT2D eigenvalue weighted by atomic mass is 35.5. The van der Waals surface area contributed by atoms with Gasteiger partial charge in [-0.15, -0.1) is 0 Å². The molecule has 0 atom stereocenters. The number of hydrogen-bond donors (Lipinski definition) is 1. The van der Waals surface area contributed by atoms with Crippen molar-refractivity contribution in [2.45, 2.75) is 39.2 Å². The van der Waals surface area contributed by atoms with E-state index in [1.807, 2.05) is 24.3 Å². The van der Waals surface area contributed by atoms with Gasteiger partial charge in [0.2, 0.25) is 5.91 Å². The second-order valence-electron chi connectivity index (χ2n) is 7.95. The molecule has 6 heteroatoms. The van der Waals surface area contributed by atoms with Crippen LogP contribution in [0, 0.1) is 5.92 Å². The summed E-state index contributed by atoms with van der Waals surface area (Å²) in [6, 6.07) is 14.1. The Morgan fingerprint density at radius 2 is 1.90 bits per heavy atom. The Hall–Kier alpha value is -1.95. The number of piperidine rings is 1. The van der Waals surface area contributed by atoms with E-state index < -0.39 is 0 Å². The second-order valence-corrected chi connectivity index (χ2v) is 9.42. The van der Waals surface area contributed by atoms with Crippen LogP contribution in [-0.4, -0.2) is 28.9 Å². The molecule has 0 bridgehead atoms. The third-order valence-corrected chi connectivity index (χ3v) is 6.72. The van der Waals surface area contributed by atoms with Gasteiger partial charge in [0.15, 0.2) is 5.13 Å². The highest BCUT2D eigenvalue weighted by Crippen LogP contribution is 2.28. The minimum absolute atomic E-state index is 0.0123. The van der Waals surface area contributed by atoms with Crippen LogP contribution in [0.3, 0.4) is 0 Å². The van der Waals surface area contributed by atoms with E-state index in [9.17, 15) is 4.79 Å². The molecule has 29 heavy (non-hydrogen) atoms. The van der Waals surface area contributed by atoms with Crippen LogP contribution in [0.5, 0.6) is 0 Å². The van der Waals surface area contributed by atoms with Gasteiger partial charge in [-0.05, 0) is 73.7 Å². The maximum atomic E-state index is 12.3. The van der Waals surface area contributed by atoms with Gasteiger partial charge in [-0.2, -0.15) is 0 Å². The van der Waals surface area contributed by atoms with Crippen LogP contribution in [0.1, 0.15) is 37.3 Å². The van der Waals surface area contributed by atoms with Crippen molar-refractivity contribution in [1.82, 2.24) is 9.88 Å². The van der Waals surface area contributed by atoms with Gasteiger partial charge in [-0.3, -0.25) is 9.69 Å². The molecule has 1 amide bonds. The van der Waals surface area contributed by atoms with Gasteiger partial charge in [0, 0.05) is 18.0 Å². The first-order chi connectivity index (χ1) is 14.0. The van der Waals surface area contributed by atoms with E-state index in [0.717, 1.165) is 28.2 Å². The minimum atomic E-state index is -0.0123. The lowest BCUT2D eigenvalue weighted by Gasteiger charge is -2.30. The van der Waals surface area contributed by atoms with Crippen LogP contribution in [0.4, 0.5) is 5.13 Å². The summed E-state index contributed by atoms with van der Waals surface area (Å²) in [4.78, 5) is 19.4. The van der Waals surface area contributed by atoms with Gasteiger partial charge >= 0.3 is 0 Å². The topological polar surface area (TPSA) is 45.2 Å². The quantitative estimate of drug-likeness (QED) is 0.544. The number of rotatable bonds is 6. The van der Waals surface area contributed by atoms with Gasteiger partial charge in [-0.25, -0.2) is 4.98 Å². The first kappa shape index (κ1) is 20.3. The number of likely N-dealkylation sites (tertiary alicyclic amines) is 1. The summed E-state index contributed by atoms with van der Waals surface area (Å²) in [6.07, 6.45) is 3.69. The molecule has 0 unspecified atom stereocenters. The first-order valence-corrected chi connectivity index (χ1v) is 11.4. The van der Waals surface area contributed by atoms with E-state index in [1.165, 1.54) is 31.5 Å². The highest BCUT2D eigenvalue weighted by molar-refractivity contribution is 7.22. The second kappa shape index (κ2) is 9.24. The van der Waals surface area contributed by atoms with Gasteiger partial charge in [0.05, 0.1) is 10.2 Å². The van der Waals surface area contributed by atoms with E-state index in [2.05, 4.69) is 40.3 Å². The number of fused-ring (bicyclic) bond motifs is 1. The predicted molar refractivity (Wildman–Crippen MR) is 122 cm³/mol. The molecule has 152 valence electrons. The van der Waals surface area contributed by atoms with Crippen molar-refractivity contribution < 1.29 is 4.79 Å². The molecule has 4 nitrogen and oxygen atoms in total. The lowest BCUT2D eigenvalue weighted by atomic mass is 9.99. The Kier molecular flexibility index (Phi) is 6.48. The monoisotopic (exact) mass is 427 g/mol. The average Bonchev–Trinajstić information content (AvgIpc) is 3.11. The number of nitrogens with zero attached hydrogens (tertiary/aromatic N) is 2. The number of hydrogen-bond acceptors (Lipinski definition) is 4. The summed E-state index contributed by atoms with van der Waals surface area (Å²) in [5.74, 6) is 0.836. The van der Waals surface area contributed by atoms with Gasteiger partial charge in [0.25, 0.3) is 0 Å². The van der Waals surface area contributed by atoms with Crippen LogP contribution in [0.25, 0.3) is 10.2 Å². The number of anilines is 1. The molecule has 0 radical (unpaired) electrons. The molecule has 2 heterocycles.